The number of nitrogens with zero attached hydrogens (tertiary/aromatic N) is 2. The molecule has 0 aliphatic rings. The molecule has 0 radical (unpaired) electrons. The second-order valence-corrected chi connectivity index (χ2v) is 14.6. The van der Waals surface area contributed by atoms with Crippen molar-refractivity contribution in [1.29, 1.82) is 0 Å². The van der Waals surface area contributed by atoms with E-state index in [0.29, 0.717) is 0 Å². The molecule has 56 heavy (non-hydrogen) atoms. The second-order valence-electron chi connectivity index (χ2n) is 14.6. The lowest BCUT2D eigenvalue weighted by Gasteiger charge is -2.26. The summed E-state index contributed by atoms with van der Waals surface area (Å²) in [5.74, 6) is 0. The highest BCUT2D eigenvalue weighted by atomic mass is 15.1. The molecule has 1 heterocycles. The van der Waals surface area contributed by atoms with Gasteiger partial charge in [0.25, 0.3) is 0 Å². The topological polar surface area (TPSA) is 8.17 Å². The number of anilines is 3. The average molecular weight is 713 g/mol. The fraction of sp³-hybridized carbons (Fsp3) is 0. The van der Waals surface area contributed by atoms with Gasteiger partial charge in [-0.05, 0) is 115 Å². The van der Waals surface area contributed by atoms with Crippen LogP contribution in [-0.2, 0) is 0 Å². The first-order valence-electron chi connectivity index (χ1n) is 19.3. The predicted molar refractivity (Wildman–Crippen MR) is 239 cm³/mol. The lowest BCUT2D eigenvalue weighted by molar-refractivity contribution is 1.17. The molecule has 2 nitrogen and oxygen atoms in total. The van der Waals surface area contributed by atoms with Crippen molar-refractivity contribution in [3.63, 3.8) is 0 Å². The van der Waals surface area contributed by atoms with Gasteiger partial charge in [0.15, 0.2) is 0 Å². The normalized spacial score (nSPS) is 11.6. The molecular weight excluding hydrogens is 677 g/mol. The van der Waals surface area contributed by atoms with E-state index in [1.807, 2.05) is 0 Å². The quantitative estimate of drug-likeness (QED) is 0.167. The Labute approximate surface area is 325 Å². The second kappa shape index (κ2) is 13.2. The van der Waals surface area contributed by atoms with E-state index in [4.69, 9.17) is 0 Å². The van der Waals surface area contributed by atoms with E-state index in [0.717, 1.165) is 22.7 Å². The molecule has 0 saturated heterocycles. The summed E-state index contributed by atoms with van der Waals surface area (Å²) >= 11 is 0. The SMILES string of the molecule is c1ccc(-c2ccc(N(c3ccc(-c4ccc5ccccc5c4)cc3)c3cccc(-n4c5ccc6ccccc6c5c5c6ccccc6ccc54)c3)cc2)cc1. The molecule has 2 heteroatoms. The fourth-order valence-corrected chi connectivity index (χ4v) is 8.65. The third-order valence-electron chi connectivity index (χ3n) is 11.3. The summed E-state index contributed by atoms with van der Waals surface area (Å²) in [5.41, 5.74) is 11.6. The molecule has 262 valence electrons. The number of aromatic nitrogens is 1. The van der Waals surface area contributed by atoms with Crippen LogP contribution in [0.1, 0.15) is 0 Å². The third kappa shape index (κ3) is 5.34. The number of hydrogen-bond acceptors (Lipinski definition) is 1. The lowest BCUT2D eigenvalue weighted by Crippen LogP contribution is -2.10. The zero-order chi connectivity index (χ0) is 37.0. The van der Waals surface area contributed by atoms with Crippen molar-refractivity contribution in [2.24, 2.45) is 0 Å². The molecular formula is C54H36N2. The van der Waals surface area contributed by atoms with E-state index < -0.39 is 0 Å². The first kappa shape index (κ1) is 32.0. The fourth-order valence-electron chi connectivity index (χ4n) is 8.65. The lowest BCUT2D eigenvalue weighted by atomic mass is 10.00. The minimum Gasteiger partial charge on any atom is -0.310 e. The van der Waals surface area contributed by atoms with Crippen molar-refractivity contribution in [1.82, 2.24) is 4.57 Å². The van der Waals surface area contributed by atoms with Gasteiger partial charge in [0, 0.05) is 33.5 Å². The van der Waals surface area contributed by atoms with Gasteiger partial charge in [-0.1, -0.05) is 158 Å². The number of rotatable bonds is 6. The Morgan fingerprint density at radius 1 is 0.286 bits per heavy atom. The van der Waals surface area contributed by atoms with Crippen LogP contribution in [0, 0.1) is 0 Å². The van der Waals surface area contributed by atoms with Gasteiger partial charge in [0.2, 0.25) is 0 Å². The van der Waals surface area contributed by atoms with Crippen molar-refractivity contribution >= 4 is 71.2 Å². The van der Waals surface area contributed by atoms with Crippen LogP contribution in [0.2, 0.25) is 0 Å². The van der Waals surface area contributed by atoms with Gasteiger partial charge in [-0.3, -0.25) is 0 Å². The first-order valence-corrected chi connectivity index (χ1v) is 19.3. The summed E-state index contributed by atoms with van der Waals surface area (Å²) in [6, 6.07) is 79.5. The Hall–Kier alpha value is -7.42. The molecule has 11 rings (SSSR count). The van der Waals surface area contributed by atoms with Crippen molar-refractivity contribution < 1.29 is 0 Å². The highest BCUT2D eigenvalue weighted by Crippen LogP contribution is 2.42. The third-order valence-corrected chi connectivity index (χ3v) is 11.3. The van der Waals surface area contributed by atoms with E-state index in [9.17, 15) is 0 Å². The molecule has 0 fully saturated rings. The van der Waals surface area contributed by atoms with Crippen molar-refractivity contribution in [2.75, 3.05) is 4.90 Å². The van der Waals surface area contributed by atoms with E-state index in [1.54, 1.807) is 0 Å². The summed E-state index contributed by atoms with van der Waals surface area (Å²) in [5, 5.41) is 10.1. The van der Waals surface area contributed by atoms with Crippen LogP contribution in [0.15, 0.2) is 218 Å². The Bertz CT molecular complexity index is 3140. The Morgan fingerprint density at radius 2 is 0.768 bits per heavy atom. The van der Waals surface area contributed by atoms with Gasteiger partial charge >= 0.3 is 0 Å². The summed E-state index contributed by atoms with van der Waals surface area (Å²) < 4.78 is 2.45. The molecule has 11 aromatic rings. The van der Waals surface area contributed by atoms with Gasteiger partial charge in [-0.25, -0.2) is 0 Å². The molecule has 0 aliphatic carbocycles. The standard InChI is InChI=1S/C54H36N2/c1-2-11-37(12-3-1)39-23-29-45(30-24-39)55(46-31-25-40(26-32-46)44-22-21-38-13-4-5-16-43(38)35-44)47-17-10-18-48(36-47)56-51-33-27-41-14-6-8-19-49(41)53(51)54-50-20-9-7-15-42(50)28-34-52(54)56/h1-36H. The maximum atomic E-state index is 2.45. The van der Waals surface area contributed by atoms with E-state index in [-0.39, 0.29) is 0 Å². The minimum absolute atomic E-state index is 1.09. The molecule has 0 unspecified atom stereocenters. The molecule has 1 aromatic heterocycles. The molecule has 0 aliphatic heterocycles. The first-order chi connectivity index (χ1) is 27.8. The molecule has 0 saturated carbocycles. The van der Waals surface area contributed by atoms with Crippen molar-refractivity contribution in [3.05, 3.63) is 218 Å². The summed E-state index contributed by atoms with van der Waals surface area (Å²) in [6.45, 7) is 0. The van der Waals surface area contributed by atoms with E-state index >= 15 is 0 Å². The highest BCUT2D eigenvalue weighted by Gasteiger charge is 2.19. The molecule has 0 amide bonds. The zero-order valence-electron chi connectivity index (χ0n) is 30.7. The van der Waals surface area contributed by atoms with Crippen molar-refractivity contribution in [3.8, 4) is 27.9 Å². The number of hydrogen-bond donors (Lipinski definition) is 0. The maximum absolute atomic E-state index is 2.45. The number of benzene rings is 10. The van der Waals surface area contributed by atoms with Crippen LogP contribution in [0.25, 0.3) is 82.1 Å². The van der Waals surface area contributed by atoms with Gasteiger partial charge in [-0.2, -0.15) is 0 Å². The summed E-state index contributed by atoms with van der Waals surface area (Å²) in [6.07, 6.45) is 0. The monoisotopic (exact) mass is 712 g/mol. The Morgan fingerprint density at radius 3 is 1.39 bits per heavy atom. The number of fused-ring (bicyclic) bond motifs is 8. The molecule has 10 aromatic carbocycles. The van der Waals surface area contributed by atoms with Crippen LogP contribution >= 0.6 is 0 Å². The molecule has 0 N–H and O–H groups in total. The molecule has 0 spiro atoms. The largest absolute Gasteiger partial charge is 0.310 e. The summed E-state index contributed by atoms with van der Waals surface area (Å²) in [4.78, 5) is 2.38. The smallest absolute Gasteiger partial charge is 0.0547 e. The summed E-state index contributed by atoms with van der Waals surface area (Å²) in [7, 11) is 0. The van der Waals surface area contributed by atoms with Crippen molar-refractivity contribution in [2.45, 2.75) is 0 Å². The minimum atomic E-state index is 1.09. The maximum Gasteiger partial charge on any atom is 0.0547 e. The van der Waals surface area contributed by atoms with Gasteiger partial charge in [-0.15, -0.1) is 0 Å². The zero-order valence-corrected chi connectivity index (χ0v) is 30.7. The van der Waals surface area contributed by atoms with Crippen LogP contribution in [0.3, 0.4) is 0 Å². The molecule has 0 bridgehead atoms. The van der Waals surface area contributed by atoms with E-state index in [2.05, 4.69) is 228 Å². The molecule has 0 atom stereocenters. The van der Waals surface area contributed by atoms with Gasteiger partial charge in [0.05, 0.1) is 11.0 Å². The Balaban J connectivity index is 1.09. The average Bonchev–Trinajstić information content (AvgIpc) is 3.63. The van der Waals surface area contributed by atoms with Crippen LogP contribution in [0.5, 0.6) is 0 Å². The van der Waals surface area contributed by atoms with Gasteiger partial charge < -0.3 is 9.47 Å². The van der Waals surface area contributed by atoms with Crippen LogP contribution in [0.4, 0.5) is 17.1 Å². The van der Waals surface area contributed by atoms with Crippen LogP contribution in [-0.4, -0.2) is 4.57 Å². The Kier molecular flexibility index (Phi) is 7.53. The highest BCUT2D eigenvalue weighted by molar-refractivity contribution is 6.28. The predicted octanol–water partition coefficient (Wildman–Crippen LogP) is 15.0. The van der Waals surface area contributed by atoms with E-state index in [1.165, 1.54) is 76.4 Å². The van der Waals surface area contributed by atoms with Crippen LogP contribution < -0.4 is 4.90 Å². The van der Waals surface area contributed by atoms with Gasteiger partial charge in [0.1, 0.15) is 0 Å².